The van der Waals surface area contributed by atoms with Gasteiger partial charge in [-0.1, -0.05) is 42.0 Å². The van der Waals surface area contributed by atoms with Crippen LogP contribution in [-0.4, -0.2) is 21.8 Å². The molecule has 128 valence electrons. The highest BCUT2D eigenvalue weighted by atomic mass is 32.2. The molecule has 0 radical (unpaired) electrons. The normalized spacial score (nSPS) is 18.8. The Morgan fingerprint density at radius 3 is 2.38 bits per heavy atom. The summed E-state index contributed by atoms with van der Waals surface area (Å²) in [4.78, 5) is 0.159. The summed E-state index contributed by atoms with van der Waals surface area (Å²) in [7, 11) is -2.34. The van der Waals surface area contributed by atoms with Crippen LogP contribution in [0.5, 0.6) is 0 Å². The molecule has 0 spiro atoms. The molecule has 2 atom stereocenters. The molecular weight excluding hydrogens is 324 g/mol. The Labute approximate surface area is 143 Å². The molecule has 2 unspecified atom stereocenters. The number of benzene rings is 2. The third-order valence-corrected chi connectivity index (χ3v) is 5.83. The summed E-state index contributed by atoms with van der Waals surface area (Å²) >= 11 is 0. The van der Waals surface area contributed by atoms with Gasteiger partial charge in [0.05, 0.1) is 4.90 Å². The van der Waals surface area contributed by atoms with Crippen molar-refractivity contribution in [2.45, 2.75) is 37.4 Å². The second kappa shape index (κ2) is 7.05. The molecule has 0 fully saturated rings. The number of hydrogen-bond donors (Lipinski definition) is 0. The summed E-state index contributed by atoms with van der Waals surface area (Å²) in [5, 5.41) is 0. The summed E-state index contributed by atoms with van der Waals surface area (Å²) < 4.78 is 35.8. The number of hydrogen-bond acceptors (Lipinski definition) is 4. The first-order valence-corrected chi connectivity index (χ1v) is 9.50. The molecule has 0 bridgehead atoms. The van der Waals surface area contributed by atoms with E-state index in [0.717, 1.165) is 24.8 Å². The molecular formula is C19H22O4S. The first-order chi connectivity index (χ1) is 11.5. The molecule has 0 saturated carbocycles. The maximum absolute atomic E-state index is 12.5. The van der Waals surface area contributed by atoms with E-state index in [4.69, 9.17) is 8.92 Å². The quantitative estimate of drug-likeness (QED) is 0.614. The Kier molecular flexibility index (Phi) is 5.04. The zero-order chi connectivity index (χ0) is 17.2. The summed E-state index contributed by atoms with van der Waals surface area (Å²) in [6.45, 7) is 1.91. The van der Waals surface area contributed by atoms with Gasteiger partial charge in [0.25, 0.3) is 10.1 Å². The van der Waals surface area contributed by atoms with Gasteiger partial charge in [-0.2, -0.15) is 8.42 Å². The van der Waals surface area contributed by atoms with E-state index in [9.17, 15) is 8.42 Å². The molecule has 0 aromatic heterocycles. The Balaban J connectivity index is 1.76. The van der Waals surface area contributed by atoms with Crippen molar-refractivity contribution in [3.05, 3.63) is 65.2 Å². The SMILES string of the molecule is COC(OS(=O)(=O)c1ccc(C)cc1)C1CCc2ccccc2C1. The first kappa shape index (κ1) is 17.1. The Morgan fingerprint density at radius 2 is 1.71 bits per heavy atom. The lowest BCUT2D eigenvalue weighted by atomic mass is 9.83. The van der Waals surface area contributed by atoms with Crippen LogP contribution in [-0.2, 0) is 31.9 Å². The van der Waals surface area contributed by atoms with Gasteiger partial charge in [-0.25, -0.2) is 4.18 Å². The van der Waals surface area contributed by atoms with E-state index < -0.39 is 16.4 Å². The zero-order valence-electron chi connectivity index (χ0n) is 13.9. The summed E-state index contributed by atoms with van der Waals surface area (Å²) in [5.74, 6) is 0.0186. The van der Waals surface area contributed by atoms with E-state index in [0.29, 0.717) is 0 Å². The van der Waals surface area contributed by atoms with Crippen molar-refractivity contribution in [1.29, 1.82) is 0 Å². The average molecular weight is 346 g/mol. The molecule has 0 saturated heterocycles. The Hall–Kier alpha value is -1.69. The highest BCUT2D eigenvalue weighted by molar-refractivity contribution is 7.86. The number of methoxy groups -OCH3 is 1. The molecule has 0 amide bonds. The molecule has 2 aromatic carbocycles. The lowest BCUT2D eigenvalue weighted by Gasteiger charge is -2.30. The fraction of sp³-hybridized carbons (Fsp3) is 0.368. The van der Waals surface area contributed by atoms with Crippen LogP contribution >= 0.6 is 0 Å². The molecule has 5 heteroatoms. The molecule has 1 aliphatic carbocycles. The third kappa shape index (κ3) is 3.69. The highest BCUT2D eigenvalue weighted by Gasteiger charge is 2.31. The topological polar surface area (TPSA) is 52.6 Å². The van der Waals surface area contributed by atoms with Crippen LogP contribution in [0.25, 0.3) is 0 Å². The molecule has 24 heavy (non-hydrogen) atoms. The van der Waals surface area contributed by atoms with Crippen molar-refractivity contribution in [1.82, 2.24) is 0 Å². The van der Waals surface area contributed by atoms with Gasteiger partial charge in [0.1, 0.15) is 0 Å². The van der Waals surface area contributed by atoms with Crippen LogP contribution in [0, 0.1) is 12.8 Å². The van der Waals surface area contributed by atoms with Gasteiger partial charge in [0, 0.05) is 13.0 Å². The minimum Gasteiger partial charge on any atom is -0.354 e. The van der Waals surface area contributed by atoms with Crippen molar-refractivity contribution in [2.75, 3.05) is 7.11 Å². The van der Waals surface area contributed by atoms with E-state index in [1.54, 1.807) is 24.3 Å². The highest BCUT2D eigenvalue weighted by Crippen LogP contribution is 2.30. The van der Waals surface area contributed by atoms with E-state index in [1.807, 2.05) is 19.1 Å². The average Bonchev–Trinajstić information content (AvgIpc) is 2.59. The Bertz CT molecular complexity index is 796. The fourth-order valence-electron chi connectivity index (χ4n) is 3.15. The maximum atomic E-state index is 12.5. The standard InChI is InChI=1S/C19H22O4S/c1-14-7-11-18(12-8-14)24(20,21)23-19(22-2)17-10-9-15-5-3-4-6-16(15)13-17/h3-8,11-12,17,19H,9-10,13H2,1-2H3. The van der Waals surface area contributed by atoms with Crippen molar-refractivity contribution in [3.8, 4) is 0 Å². The van der Waals surface area contributed by atoms with Crippen molar-refractivity contribution < 1.29 is 17.3 Å². The van der Waals surface area contributed by atoms with E-state index >= 15 is 0 Å². The fourth-order valence-corrected chi connectivity index (χ4v) is 4.22. The van der Waals surface area contributed by atoms with Crippen LogP contribution in [0.2, 0.25) is 0 Å². The van der Waals surface area contributed by atoms with Gasteiger partial charge in [-0.15, -0.1) is 0 Å². The summed E-state index contributed by atoms with van der Waals surface area (Å²) in [6.07, 6.45) is 1.75. The smallest absolute Gasteiger partial charge is 0.299 e. The molecule has 2 aromatic rings. The summed E-state index contributed by atoms with van der Waals surface area (Å²) in [6, 6.07) is 14.9. The lowest BCUT2D eigenvalue weighted by molar-refractivity contribution is -0.0918. The number of rotatable bonds is 5. The predicted molar refractivity (Wildman–Crippen MR) is 92.2 cm³/mol. The monoisotopic (exact) mass is 346 g/mol. The minimum absolute atomic E-state index is 0.0186. The van der Waals surface area contributed by atoms with E-state index in [2.05, 4.69) is 12.1 Å². The second-order valence-electron chi connectivity index (χ2n) is 6.24. The Morgan fingerprint density at radius 1 is 1.04 bits per heavy atom. The molecule has 4 nitrogen and oxygen atoms in total. The molecule has 3 rings (SSSR count). The van der Waals surface area contributed by atoms with Crippen molar-refractivity contribution in [2.24, 2.45) is 5.92 Å². The van der Waals surface area contributed by atoms with Crippen LogP contribution < -0.4 is 0 Å². The molecule has 0 heterocycles. The maximum Gasteiger partial charge on any atom is 0.299 e. The minimum atomic E-state index is -3.84. The van der Waals surface area contributed by atoms with Gasteiger partial charge >= 0.3 is 0 Å². The number of aryl methyl sites for hydroxylation is 2. The molecule has 0 aliphatic heterocycles. The van der Waals surface area contributed by atoms with Gasteiger partial charge < -0.3 is 4.74 Å². The van der Waals surface area contributed by atoms with Crippen molar-refractivity contribution >= 4 is 10.1 Å². The predicted octanol–water partition coefficient (Wildman–Crippen LogP) is 3.48. The van der Waals surface area contributed by atoms with Crippen LogP contribution in [0.1, 0.15) is 23.1 Å². The van der Waals surface area contributed by atoms with Crippen LogP contribution in [0.4, 0.5) is 0 Å². The molecule has 0 N–H and O–H groups in total. The largest absolute Gasteiger partial charge is 0.354 e. The van der Waals surface area contributed by atoms with Gasteiger partial charge in [0.15, 0.2) is 6.29 Å². The van der Waals surface area contributed by atoms with Gasteiger partial charge in [-0.3, -0.25) is 0 Å². The van der Waals surface area contributed by atoms with E-state index in [-0.39, 0.29) is 10.8 Å². The van der Waals surface area contributed by atoms with Crippen molar-refractivity contribution in [3.63, 3.8) is 0 Å². The third-order valence-electron chi connectivity index (χ3n) is 4.53. The number of fused-ring (bicyclic) bond motifs is 1. The second-order valence-corrected chi connectivity index (χ2v) is 7.81. The lowest BCUT2D eigenvalue weighted by Crippen LogP contribution is -2.32. The number of ether oxygens (including phenoxy) is 1. The van der Waals surface area contributed by atoms with Gasteiger partial charge in [0.2, 0.25) is 0 Å². The van der Waals surface area contributed by atoms with Crippen LogP contribution in [0.3, 0.4) is 0 Å². The van der Waals surface area contributed by atoms with Crippen LogP contribution in [0.15, 0.2) is 53.4 Å². The molecule has 1 aliphatic rings. The summed E-state index contributed by atoms with van der Waals surface area (Å²) in [5.41, 5.74) is 3.57. The van der Waals surface area contributed by atoms with Gasteiger partial charge in [-0.05, 0) is 49.4 Å². The first-order valence-electron chi connectivity index (χ1n) is 8.09. The van der Waals surface area contributed by atoms with E-state index in [1.165, 1.54) is 18.2 Å². The zero-order valence-corrected chi connectivity index (χ0v) is 14.8.